The Kier molecular flexibility index (Phi) is 2.69. The molecule has 0 amide bonds. The van der Waals surface area contributed by atoms with E-state index < -0.39 is 17.4 Å². The molecule has 0 radical (unpaired) electrons. The van der Waals surface area contributed by atoms with E-state index in [0.717, 1.165) is 5.56 Å². The number of rotatable bonds is 1. The summed E-state index contributed by atoms with van der Waals surface area (Å²) in [5, 5.41) is 12.0. The molecule has 0 saturated heterocycles. The van der Waals surface area contributed by atoms with Gasteiger partial charge >= 0.3 is 5.97 Å². The average Bonchev–Trinajstić information content (AvgIpc) is 2.48. The van der Waals surface area contributed by atoms with Crippen molar-refractivity contribution in [2.24, 2.45) is 5.16 Å². The smallest absolute Gasteiger partial charge is 0.303 e. The summed E-state index contributed by atoms with van der Waals surface area (Å²) in [7, 11) is 0. The second-order valence-electron chi connectivity index (χ2n) is 4.40. The molecule has 1 aromatic rings. The fourth-order valence-electron chi connectivity index (χ4n) is 2.36. The SMILES string of the molecule is CC(=O)OC1(C)C(=NO)C(=O)c2c(C)cccc21. The van der Waals surface area contributed by atoms with E-state index in [0.29, 0.717) is 11.1 Å². The molecule has 1 N–H and O–H groups in total. The van der Waals surface area contributed by atoms with Crippen LogP contribution in [0.4, 0.5) is 0 Å². The molecule has 2 rings (SSSR count). The topological polar surface area (TPSA) is 76.0 Å². The Bertz CT molecular complexity index is 576. The summed E-state index contributed by atoms with van der Waals surface area (Å²) < 4.78 is 5.20. The fraction of sp³-hybridized carbons (Fsp3) is 0.308. The van der Waals surface area contributed by atoms with Gasteiger partial charge in [-0.15, -0.1) is 0 Å². The number of esters is 1. The standard InChI is InChI=1S/C13H13NO4/c1-7-5-4-6-9-10(7)11(16)12(14-17)13(9,3)18-8(2)15/h4-6,17H,1-3H3. The Morgan fingerprint density at radius 2 is 2.11 bits per heavy atom. The first kappa shape index (κ1) is 12.3. The van der Waals surface area contributed by atoms with E-state index in [4.69, 9.17) is 9.94 Å². The quantitative estimate of drug-likeness (QED) is 0.466. The van der Waals surface area contributed by atoms with Crippen LogP contribution in [0.1, 0.15) is 35.3 Å². The van der Waals surface area contributed by atoms with Gasteiger partial charge < -0.3 is 9.94 Å². The Labute approximate surface area is 104 Å². The molecule has 0 aromatic heterocycles. The average molecular weight is 247 g/mol. The van der Waals surface area contributed by atoms with Crippen LogP contribution in [0.15, 0.2) is 23.4 Å². The lowest BCUT2D eigenvalue weighted by molar-refractivity contribution is -0.149. The van der Waals surface area contributed by atoms with Gasteiger partial charge in [0.25, 0.3) is 0 Å². The summed E-state index contributed by atoms with van der Waals surface area (Å²) in [4.78, 5) is 23.4. The van der Waals surface area contributed by atoms with Crippen molar-refractivity contribution >= 4 is 17.5 Å². The minimum absolute atomic E-state index is 0.165. The summed E-state index contributed by atoms with van der Waals surface area (Å²) in [6.45, 7) is 4.58. The third kappa shape index (κ3) is 1.51. The van der Waals surface area contributed by atoms with E-state index in [1.807, 2.05) is 0 Å². The zero-order valence-corrected chi connectivity index (χ0v) is 10.4. The van der Waals surface area contributed by atoms with Gasteiger partial charge in [0.1, 0.15) is 0 Å². The lowest BCUT2D eigenvalue weighted by Crippen LogP contribution is -2.35. The molecule has 0 aliphatic heterocycles. The molecule has 1 aliphatic rings. The number of ketones is 1. The number of aryl methyl sites for hydroxylation is 1. The molecule has 0 spiro atoms. The molecule has 94 valence electrons. The minimum atomic E-state index is -1.32. The Morgan fingerprint density at radius 3 is 2.67 bits per heavy atom. The summed E-state index contributed by atoms with van der Waals surface area (Å²) in [5.41, 5.74) is 0.264. The van der Waals surface area contributed by atoms with Gasteiger partial charge in [-0.25, -0.2) is 0 Å². The molecule has 18 heavy (non-hydrogen) atoms. The largest absolute Gasteiger partial charge is 0.448 e. The third-order valence-corrected chi connectivity index (χ3v) is 3.13. The van der Waals surface area contributed by atoms with Crippen molar-refractivity contribution < 1.29 is 19.5 Å². The lowest BCUT2D eigenvalue weighted by Gasteiger charge is -2.24. The van der Waals surface area contributed by atoms with E-state index in [2.05, 4.69) is 5.16 Å². The van der Waals surface area contributed by atoms with Crippen molar-refractivity contribution in [1.82, 2.24) is 0 Å². The maximum Gasteiger partial charge on any atom is 0.303 e. The molecule has 5 heteroatoms. The van der Waals surface area contributed by atoms with Gasteiger partial charge in [0, 0.05) is 18.1 Å². The Balaban J connectivity index is 2.72. The summed E-state index contributed by atoms with van der Waals surface area (Å²) in [6, 6.07) is 5.25. The number of oxime groups is 1. The summed E-state index contributed by atoms with van der Waals surface area (Å²) in [5.74, 6) is -0.949. The predicted octanol–water partition coefficient (Wildman–Crippen LogP) is 1.80. The molecule has 1 atom stereocenters. The first-order valence-corrected chi connectivity index (χ1v) is 5.48. The highest BCUT2D eigenvalue weighted by Gasteiger charge is 2.50. The molecule has 0 fully saturated rings. The van der Waals surface area contributed by atoms with Crippen LogP contribution in [-0.2, 0) is 15.1 Å². The van der Waals surface area contributed by atoms with Crippen LogP contribution < -0.4 is 0 Å². The Morgan fingerprint density at radius 1 is 1.44 bits per heavy atom. The highest BCUT2D eigenvalue weighted by Crippen LogP contribution is 2.39. The zero-order chi connectivity index (χ0) is 13.5. The second-order valence-corrected chi connectivity index (χ2v) is 4.40. The van der Waals surface area contributed by atoms with E-state index >= 15 is 0 Å². The van der Waals surface area contributed by atoms with Crippen LogP contribution in [0.3, 0.4) is 0 Å². The van der Waals surface area contributed by atoms with E-state index in [9.17, 15) is 9.59 Å². The van der Waals surface area contributed by atoms with E-state index in [1.165, 1.54) is 6.92 Å². The number of fused-ring (bicyclic) bond motifs is 1. The van der Waals surface area contributed by atoms with Gasteiger partial charge in [0.05, 0.1) is 0 Å². The van der Waals surface area contributed by atoms with Crippen LogP contribution in [0.25, 0.3) is 0 Å². The number of hydrogen-bond acceptors (Lipinski definition) is 5. The van der Waals surface area contributed by atoms with Crippen molar-refractivity contribution in [3.8, 4) is 0 Å². The van der Waals surface area contributed by atoms with Crippen LogP contribution >= 0.6 is 0 Å². The van der Waals surface area contributed by atoms with Gasteiger partial charge in [0.2, 0.25) is 5.78 Å². The molecule has 5 nitrogen and oxygen atoms in total. The van der Waals surface area contributed by atoms with Gasteiger partial charge in [-0.3, -0.25) is 9.59 Å². The number of nitrogens with zero attached hydrogens (tertiary/aromatic N) is 1. The third-order valence-electron chi connectivity index (χ3n) is 3.13. The molecule has 1 aliphatic carbocycles. The zero-order valence-electron chi connectivity index (χ0n) is 10.4. The van der Waals surface area contributed by atoms with Gasteiger partial charge in [-0.1, -0.05) is 23.4 Å². The monoisotopic (exact) mass is 247 g/mol. The first-order valence-electron chi connectivity index (χ1n) is 5.48. The molecular formula is C13H13NO4. The van der Waals surface area contributed by atoms with E-state index in [1.54, 1.807) is 32.0 Å². The molecule has 1 unspecified atom stereocenters. The van der Waals surface area contributed by atoms with Crippen molar-refractivity contribution in [2.45, 2.75) is 26.4 Å². The fourth-order valence-corrected chi connectivity index (χ4v) is 2.36. The van der Waals surface area contributed by atoms with Crippen LogP contribution in [0.5, 0.6) is 0 Å². The van der Waals surface area contributed by atoms with Crippen molar-refractivity contribution in [2.75, 3.05) is 0 Å². The number of hydrogen-bond donors (Lipinski definition) is 1. The highest BCUT2D eigenvalue weighted by atomic mass is 16.6. The van der Waals surface area contributed by atoms with E-state index in [-0.39, 0.29) is 5.71 Å². The Hall–Kier alpha value is -2.17. The molecule has 0 saturated carbocycles. The van der Waals surface area contributed by atoms with Gasteiger partial charge in [-0.2, -0.15) is 0 Å². The number of Topliss-reactive ketones (excluding diaryl/α,β-unsaturated/α-hetero) is 1. The lowest BCUT2D eigenvalue weighted by atomic mass is 9.95. The summed E-state index contributed by atoms with van der Waals surface area (Å²) >= 11 is 0. The number of carbonyl (C=O) groups is 2. The first-order chi connectivity index (χ1) is 8.41. The van der Waals surface area contributed by atoms with Crippen molar-refractivity contribution in [3.63, 3.8) is 0 Å². The van der Waals surface area contributed by atoms with Crippen LogP contribution in [-0.4, -0.2) is 22.7 Å². The molecule has 0 bridgehead atoms. The molecule has 0 heterocycles. The molecule has 1 aromatic carbocycles. The van der Waals surface area contributed by atoms with Crippen molar-refractivity contribution in [1.29, 1.82) is 0 Å². The van der Waals surface area contributed by atoms with Crippen LogP contribution in [0.2, 0.25) is 0 Å². The maximum atomic E-state index is 12.2. The number of benzene rings is 1. The predicted molar refractivity (Wildman–Crippen MR) is 63.8 cm³/mol. The second kappa shape index (κ2) is 3.94. The number of ether oxygens (including phenoxy) is 1. The number of carbonyl (C=O) groups excluding carboxylic acids is 2. The molecular weight excluding hydrogens is 234 g/mol. The normalized spacial score (nSPS) is 24.2. The highest BCUT2D eigenvalue weighted by molar-refractivity contribution is 6.52. The van der Waals surface area contributed by atoms with Gasteiger partial charge in [-0.05, 0) is 19.4 Å². The van der Waals surface area contributed by atoms with Gasteiger partial charge in [0.15, 0.2) is 11.3 Å². The van der Waals surface area contributed by atoms with Crippen molar-refractivity contribution in [3.05, 3.63) is 34.9 Å². The van der Waals surface area contributed by atoms with Crippen LogP contribution in [0, 0.1) is 6.92 Å². The summed E-state index contributed by atoms with van der Waals surface area (Å²) in [6.07, 6.45) is 0. The minimum Gasteiger partial charge on any atom is -0.448 e. The maximum absolute atomic E-state index is 12.2.